The smallest absolute Gasteiger partial charge is 0.324 e. The van der Waals surface area contributed by atoms with Crippen LogP contribution < -0.4 is 4.72 Å². The molecule has 0 fully saturated rings. The average Bonchev–Trinajstić information content (AvgIpc) is 2.62. The summed E-state index contributed by atoms with van der Waals surface area (Å²) in [4.78, 5) is 22.3. The Hall–Kier alpha value is -2.85. The monoisotopic (exact) mass is 396 g/mol. The minimum atomic E-state index is -4.10. The minimum Gasteiger partial charge on any atom is -0.468 e. The Labute approximate surface area is 155 Å². The summed E-state index contributed by atoms with van der Waals surface area (Å²) in [6, 6.07) is 9.38. The molecule has 1 atom stereocenters. The van der Waals surface area contributed by atoms with Gasteiger partial charge in [-0.3, -0.25) is 14.9 Å². The highest BCUT2D eigenvalue weighted by atomic mass is 32.2. The van der Waals surface area contributed by atoms with Crippen LogP contribution in [0.1, 0.15) is 11.1 Å². The zero-order chi connectivity index (χ0) is 20.0. The molecule has 1 unspecified atom stereocenters. The van der Waals surface area contributed by atoms with Crippen LogP contribution >= 0.6 is 0 Å². The lowest BCUT2D eigenvalue weighted by Crippen LogP contribution is -2.43. The fourth-order valence-corrected chi connectivity index (χ4v) is 3.80. The number of hydrogen-bond acceptors (Lipinski definition) is 6. The molecule has 2 rings (SSSR count). The number of benzene rings is 2. The Bertz CT molecular complexity index is 931. The number of ether oxygens (including phenoxy) is 1. The number of carbonyl (C=O) groups excluding carboxylic acids is 1. The molecule has 0 amide bonds. The van der Waals surface area contributed by atoms with E-state index in [1.807, 2.05) is 0 Å². The summed E-state index contributed by atoms with van der Waals surface area (Å²) in [5.41, 5.74) is 0.164. The van der Waals surface area contributed by atoms with E-state index < -0.39 is 38.5 Å². The SMILES string of the molecule is COC(=O)C(Cc1ccc(F)cc1)NS(=O)(=O)Cc1ccccc1[N+](=O)[O-]. The van der Waals surface area contributed by atoms with Crippen LogP contribution in [0, 0.1) is 15.9 Å². The zero-order valence-electron chi connectivity index (χ0n) is 14.3. The number of para-hydroxylation sites is 1. The quantitative estimate of drug-likeness (QED) is 0.414. The number of hydrogen-bond donors (Lipinski definition) is 1. The van der Waals surface area contributed by atoms with Gasteiger partial charge in [0.2, 0.25) is 10.0 Å². The van der Waals surface area contributed by atoms with Crippen LogP contribution in [-0.4, -0.2) is 32.5 Å². The van der Waals surface area contributed by atoms with E-state index in [-0.39, 0.29) is 17.7 Å². The molecule has 0 bridgehead atoms. The van der Waals surface area contributed by atoms with Gasteiger partial charge >= 0.3 is 5.97 Å². The molecule has 0 aliphatic rings. The van der Waals surface area contributed by atoms with Gasteiger partial charge in [-0.2, -0.15) is 0 Å². The number of nitro benzene ring substituents is 1. The largest absolute Gasteiger partial charge is 0.468 e. The predicted molar refractivity (Wildman–Crippen MR) is 94.8 cm³/mol. The van der Waals surface area contributed by atoms with Crippen molar-refractivity contribution in [2.45, 2.75) is 18.2 Å². The molecule has 0 spiro atoms. The van der Waals surface area contributed by atoms with Crippen molar-refractivity contribution in [2.24, 2.45) is 0 Å². The normalized spacial score (nSPS) is 12.4. The number of rotatable bonds is 8. The van der Waals surface area contributed by atoms with Crippen molar-refractivity contribution in [3.8, 4) is 0 Å². The third-order valence-corrected chi connectivity index (χ3v) is 5.03. The van der Waals surface area contributed by atoms with Gasteiger partial charge in [0.1, 0.15) is 11.9 Å². The van der Waals surface area contributed by atoms with E-state index >= 15 is 0 Å². The number of halogens is 1. The Morgan fingerprint density at radius 3 is 2.44 bits per heavy atom. The molecule has 8 nitrogen and oxygen atoms in total. The molecule has 0 heterocycles. The Kier molecular flexibility index (Phi) is 6.59. The number of nitrogens with zero attached hydrogens (tertiary/aromatic N) is 1. The standard InChI is InChI=1S/C17H17FN2O6S/c1-26-17(21)15(10-12-6-8-14(18)9-7-12)19-27(24,25)11-13-4-2-3-5-16(13)20(22)23/h2-9,15,19H,10-11H2,1H3. The van der Waals surface area contributed by atoms with Gasteiger partial charge in [-0.1, -0.05) is 30.3 Å². The Morgan fingerprint density at radius 1 is 1.22 bits per heavy atom. The number of nitro groups is 1. The van der Waals surface area contributed by atoms with E-state index in [1.54, 1.807) is 0 Å². The van der Waals surface area contributed by atoms with Crippen molar-refractivity contribution in [2.75, 3.05) is 7.11 Å². The highest BCUT2D eigenvalue weighted by Gasteiger charge is 2.27. The van der Waals surface area contributed by atoms with Crippen LogP contribution in [0.2, 0.25) is 0 Å². The molecule has 0 aliphatic carbocycles. The van der Waals surface area contributed by atoms with Gasteiger partial charge in [-0.15, -0.1) is 0 Å². The number of carbonyl (C=O) groups is 1. The summed E-state index contributed by atoms with van der Waals surface area (Å²) in [5.74, 6) is -1.98. The van der Waals surface area contributed by atoms with E-state index in [1.165, 1.54) is 48.5 Å². The first-order chi connectivity index (χ1) is 12.7. The van der Waals surface area contributed by atoms with Crippen molar-refractivity contribution in [1.29, 1.82) is 0 Å². The summed E-state index contributed by atoms with van der Waals surface area (Å²) < 4.78 is 44.7. The average molecular weight is 396 g/mol. The van der Waals surface area contributed by atoms with Crippen molar-refractivity contribution in [3.63, 3.8) is 0 Å². The summed E-state index contributed by atoms with van der Waals surface area (Å²) in [6.07, 6.45) is -0.0664. The molecule has 10 heteroatoms. The fourth-order valence-electron chi connectivity index (χ4n) is 2.45. The number of esters is 1. The predicted octanol–water partition coefficient (Wildman–Crippen LogP) is 1.94. The second-order valence-electron chi connectivity index (χ2n) is 5.67. The van der Waals surface area contributed by atoms with E-state index in [9.17, 15) is 27.7 Å². The maximum atomic E-state index is 13.0. The zero-order valence-corrected chi connectivity index (χ0v) is 15.1. The molecule has 0 aromatic heterocycles. The molecule has 144 valence electrons. The van der Waals surface area contributed by atoms with E-state index in [0.29, 0.717) is 5.56 Å². The lowest BCUT2D eigenvalue weighted by Gasteiger charge is -2.17. The molecule has 2 aromatic rings. The minimum absolute atomic E-state index is 0.0135. The highest BCUT2D eigenvalue weighted by molar-refractivity contribution is 7.88. The van der Waals surface area contributed by atoms with Gasteiger partial charge in [0.05, 0.1) is 17.8 Å². The van der Waals surface area contributed by atoms with Gasteiger partial charge in [0.25, 0.3) is 5.69 Å². The maximum Gasteiger partial charge on any atom is 0.324 e. The Morgan fingerprint density at radius 2 is 1.85 bits per heavy atom. The topological polar surface area (TPSA) is 116 Å². The molecule has 27 heavy (non-hydrogen) atoms. The van der Waals surface area contributed by atoms with Gasteiger partial charge in [0.15, 0.2) is 0 Å². The third-order valence-electron chi connectivity index (χ3n) is 3.69. The van der Waals surface area contributed by atoms with Crippen molar-refractivity contribution < 1.29 is 27.3 Å². The van der Waals surface area contributed by atoms with Crippen LogP contribution in [0.4, 0.5) is 10.1 Å². The summed E-state index contributed by atoms with van der Waals surface area (Å²) >= 11 is 0. The van der Waals surface area contributed by atoms with E-state index in [2.05, 4.69) is 9.46 Å². The van der Waals surface area contributed by atoms with Crippen LogP contribution in [0.5, 0.6) is 0 Å². The summed E-state index contributed by atoms with van der Waals surface area (Å²) in [7, 11) is -3.00. The lowest BCUT2D eigenvalue weighted by atomic mass is 10.1. The fraction of sp³-hybridized carbons (Fsp3) is 0.235. The molecule has 0 saturated heterocycles. The van der Waals surface area contributed by atoms with E-state index in [0.717, 1.165) is 7.11 Å². The number of sulfonamides is 1. The molecule has 1 N–H and O–H groups in total. The van der Waals surface area contributed by atoms with Crippen LogP contribution in [0.15, 0.2) is 48.5 Å². The van der Waals surface area contributed by atoms with Crippen molar-refractivity contribution >= 4 is 21.7 Å². The Balaban J connectivity index is 2.21. The van der Waals surface area contributed by atoms with E-state index in [4.69, 9.17) is 0 Å². The van der Waals surface area contributed by atoms with Gasteiger partial charge in [-0.05, 0) is 24.1 Å². The molecular weight excluding hydrogens is 379 g/mol. The third kappa shape index (κ3) is 5.83. The first kappa shape index (κ1) is 20.5. The van der Waals surface area contributed by atoms with Gasteiger partial charge in [0, 0.05) is 11.6 Å². The van der Waals surface area contributed by atoms with Crippen LogP contribution in [0.25, 0.3) is 0 Å². The van der Waals surface area contributed by atoms with Crippen LogP contribution in [-0.2, 0) is 31.7 Å². The molecule has 0 aliphatic heterocycles. The second kappa shape index (κ2) is 8.69. The van der Waals surface area contributed by atoms with Crippen LogP contribution in [0.3, 0.4) is 0 Å². The number of methoxy groups -OCH3 is 1. The molecule has 0 saturated carbocycles. The summed E-state index contributed by atoms with van der Waals surface area (Å²) in [6.45, 7) is 0. The van der Waals surface area contributed by atoms with Gasteiger partial charge in [-0.25, -0.2) is 17.5 Å². The first-order valence-corrected chi connectivity index (χ1v) is 9.41. The molecule has 0 radical (unpaired) electrons. The van der Waals surface area contributed by atoms with Crippen molar-refractivity contribution in [1.82, 2.24) is 4.72 Å². The molecular formula is C17H17FN2O6S. The lowest BCUT2D eigenvalue weighted by molar-refractivity contribution is -0.385. The van der Waals surface area contributed by atoms with Gasteiger partial charge < -0.3 is 4.74 Å². The number of nitrogens with one attached hydrogen (secondary N) is 1. The first-order valence-electron chi connectivity index (χ1n) is 7.76. The summed E-state index contributed by atoms with van der Waals surface area (Å²) in [5, 5.41) is 11.0. The second-order valence-corrected chi connectivity index (χ2v) is 7.42. The molecule has 2 aromatic carbocycles. The van der Waals surface area contributed by atoms with Crippen molar-refractivity contribution in [3.05, 3.63) is 75.6 Å². The maximum absolute atomic E-state index is 13.0. The highest BCUT2D eigenvalue weighted by Crippen LogP contribution is 2.20.